The van der Waals surface area contributed by atoms with Crippen molar-refractivity contribution in [2.24, 2.45) is 0 Å². The largest absolute Gasteiger partial charge is 0.470 e. The zero-order valence-corrected chi connectivity index (χ0v) is 9.12. The van der Waals surface area contributed by atoms with Crippen molar-refractivity contribution in [3.05, 3.63) is 12.2 Å². The topological polar surface area (TPSA) is 66.8 Å². The highest BCUT2D eigenvalue weighted by molar-refractivity contribution is 7.46. The van der Waals surface area contributed by atoms with E-state index in [2.05, 4.69) is 0 Å². The standard InChI is InChI=1S/C8H17O4P/c1-4-7-8(5-2,6-3)12-13(9,10)11/h4,7H,5-6H2,1-3H3,(H2,9,10,11). The van der Waals surface area contributed by atoms with E-state index in [9.17, 15) is 4.57 Å². The third kappa shape index (κ3) is 4.58. The van der Waals surface area contributed by atoms with Gasteiger partial charge >= 0.3 is 7.82 Å². The molecule has 0 bridgehead atoms. The average molecular weight is 208 g/mol. The van der Waals surface area contributed by atoms with E-state index in [-0.39, 0.29) is 0 Å². The molecule has 0 atom stereocenters. The summed E-state index contributed by atoms with van der Waals surface area (Å²) in [6.07, 6.45) is 4.51. The Kier molecular flexibility index (Phi) is 4.86. The van der Waals surface area contributed by atoms with Gasteiger partial charge in [0.2, 0.25) is 0 Å². The SMILES string of the molecule is CC=CC(CC)(CC)OP(=O)(O)O. The molecule has 0 aliphatic carbocycles. The zero-order valence-electron chi connectivity index (χ0n) is 8.23. The summed E-state index contributed by atoms with van der Waals surface area (Å²) in [5, 5.41) is 0. The fourth-order valence-corrected chi connectivity index (χ4v) is 1.98. The number of rotatable bonds is 5. The predicted molar refractivity (Wildman–Crippen MR) is 51.3 cm³/mol. The molecule has 0 aromatic heterocycles. The Morgan fingerprint density at radius 2 is 1.85 bits per heavy atom. The van der Waals surface area contributed by atoms with Crippen LogP contribution >= 0.6 is 7.82 Å². The smallest absolute Gasteiger partial charge is 0.303 e. The third-order valence-corrected chi connectivity index (χ3v) is 2.57. The van der Waals surface area contributed by atoms with Gasteiger partial charge in [-0.3, -0.25) is 4.52 Å². The fraction of sp³-hybridized carbons (Fsp3) is 0.750. The molecule has 5 heteroatoms. The summed E-state index contributed by atoms with van der Waals surface area (Å²) >= 11 is 0. The fourth-order valence-electron chi connectivity index (χ4n) is 1.19. The predicted octanol–water partition coefficient (Wildman–Crippen LogP) is 2.23. The van der Waals surface area contributed by atoms with Gasteiger partial charge in [-0.05, 0) is 19.8 Å². The van der Waals surface area contributed by atoms with Crippen LogP contribution in [0.3, 0.4) is 0 Å². The quantitative estimate of drug-likeness (QED) is 0.537. The Morgan fingerprint density at radius 1 is 1.38 bits per heavy atom. The second-order valence-corrected chi connectivity index (χ2v) is 4.02. The van der Waals surface area contributed by atoms with Crippen molar-refractivity contribution in [1.29, 1.82) is 0 Å². The van der Waals surface area contributed by atoms with E-state index in [4.69, 9.17) is 14.3 Å². The maximum Gasteiger partial charge on any atom is 0.470 e. The van der Waals surface area contributed by atoms with E-state index in [1.54, 1.807) is 19.1 Å². The van der Waals surface area contributed by atoms with Crippen LogP contribution in [0.15, 0.2) is 12.2 Å². The summed E-state index contributed by atoms with van der Waals surface area (Å²) in [4.78, 5) is 17.4. The van der Waals surface area contributed by atoms with Crippen molar-refractivity contribution in [2.45, 2.75) is 39.2 Å². The summed E-state index contributed by atoms with van der Waals surface area (Å²) in [7, 11) is -4.40. The van der Waals surface area contributed by atoms with Crippen LogP contribution in [0.4, 0.5) is 0 Å². The summed E-state index contributed by atoms with van der Waals surface area (Å²) < 4.78 is 15.4. The molecule has 0 spiro atoms. The average Bonchev–Trinajstić information content (AvgIpc) is 2.01. The van der Waals surface area contributed by atoms with Crippen LogP contribution in [0.2, 0.25) is 0 Å². The molecule has 0 heterocycles. The third-order valence-electron chi connectivity index (χ3n) is 1.97. The van der Waals surface area contributed by atoms with Crippen LogP contribution in [0.25, 0.3) is 0 Å². The highest BCUT2D eigenvalue weighted by Crippen LogP contribution is 2.44. The first-order valence-electron chi connectivity index (χ1n) is 4.29. The molecule has 0 saturated carbocycles. The molecule has 13 heavy (non-hydrogen) atoms. The first-order chi connectivity index (χ1) is 5.89. The Bertz CT molecular complexity index is 214. The Labute approximate surface area is 78.9 Å². The molecule has 0 rings (SSSR count). The first kappa shape index (κ1) is 12.8. The minimum atomic E-state index is -4.40. The van der Waals surface area contributed by atoms with E-state index < -0.39 is 13.4 Å². The zero-order chi connectivity index (χ0) is 10.5. The van der Waals surface area contributed by atoms with E-state index in [1.165, 1.54) is 0 Å². The number of allylic oxidation sites excluding steroid dienone is 1. The molecular formula is C8H17O4P. The maximum absolute atomic E-state index is 10.7. The van der Waals surface area contributed by atoms with Crippen LogP contribution in [-0.2, 0) is 9.09 Å². The van der Waals surface area contributed by atoms with Gasteiger partial charge in [-0.15, -0.1) is 0 Å². The van der Waals surface area contributed by atoms with E-state index in [0.29, 0.717) is 12.8 Å². The summed E-state index contributed by atoms with van der Waals surface area (Å²) in [6.45, 7) is 5.46. The molecule has 2 N–H and O–H groups in total. The molecule has 0 radical (unpaired) electrons. The summed E-state index contributed by atoms with van der Waals surface area (Å²) in [6, 6.07) is 0. The monoisotopic (exact) mass is 208 g/mol. The van der Waals surface area contributed by atoms with Gasteiger partial charge in [-0.1, -0.05) is 26.0 Å². The van der Waals surface area contributed by atoms with Crippen molar-refractivity contribution in [1.82, 2.24) is 0 Å². The molecule has 0 unspecified atom stereocenters. The maximum atomic E-state index is 10.7. The van der Waals surface area contributed by atoms with Gasteiger partial charge in [0.05, 0.1) is 5.60 Å². The van der Waals surface area contributed by atoms with Gasteiger partial charge in [-0.2, -0.15) is 0 Å². The Morgan fingerprint density at radius 3 is 2.08 bits per heavy atom. The molecule has 78 valence electrons. The van der Waals surface area contributed by atoms with Crippen LogP contribution in [0.5, 0.6) is 0 Å². The van der Waals surface area contributed by atoms with Crippen LogP contribution in [0, 0.1) is 0 Å². The Balaban J connectivity index is 4.68. The van der Waals surface area contributed by atoms with Gasteiger partial charge in [0, 0.05) is 0 Å². The number of hydrogen-bond acceptors (Lipinski definition) is 2. The number of hydrogen-bond donors (Lipinski definition) is 2. The van der Waals surface area contributed by atoms with E-state index >= 15 is 0 Å². The first-order valence-corrected chi connectivity index (χ1v) is 5.82. The lowest BCUT2D eigenvalue weighted by Crippen LogP contribution is -2.27. The lowest BCUT2D eigenvalue weighted by Gasteiger charge is -2.28. The molecule has 0 saturated heterocycles. The van der Waals surface area contributed by atoms with Gasteiger partial charge in [-0.25, -0.2) is 4.57 Å². The van der Waals surface area contributed by atoms with Crippen molar-refractivity contribution < 1.29 is 18.9 Å². The van der Waals surface area contributed by atoms with Gasteiger partial charge < -0.3 is 9.79 Å². The second-order valence-electron chi connectivity index (χ2n) is 2.85. The molecular weight excluding hydrogens is 191 g/mol. The van der Waals surface area contributed by atoms with Crippen molar-refractivity contribution in [2.75, 3.05) is 0 Å². The number of phosphoric ester groups is 1. The van der Waals surface area contributed by atoms with E-state index in [1.807, 2.05) is 13.8 Å². The highest BCUT2D eigenvalue weighted by atomic mass is 31.2. The van der Waals surface area contributed by atoms with Crippen LogP contribution in [-0.4, -0.2) is 15.4 Å². The Hall–Kier alpha value is -0.150. The summed E-state index contributed by atoms with van der Waals surface area (Å²) in [5.41, 5.74) is -0.826. The molecule has 4 nitrogen and oxygen atoms in total. The van der Waals surface area contributed by atoms with Gasteiger partial charge in [0.25, 0.3) is 0 Å². The normalized spacial score (nSPS) is 13.9. The van der Waals surface area contributed by atoms with Gasteiger partial charge in [0.15, 0.2) is 0 Å². The molecule has 0 fully saturated rings. The number of phosphoric acid groups is 1. The molecule has 0 aromatic rings. The van der Waals surface area contributed by atoms with E-state index in [0.717, 1.165) is 0 Å². The molecule has 0 aliphatic rings. The van der Waals surface area contributed by atoms with Crippen LogP contribution < -0.4 is 0 Å². The van der Waals surface area contributed by atoms with Crippen molar-refractivity contribution >= 4 is 7.82 Å². The second kappa shape index (κ2) is 4.91. The van der Waals surface area contributed by atoms with Crippen LogP contribution in [0.1, 0.15) is 33.6 Å². The summed E-state index contributed by atoms with van der Waals surface area (Å²) in [5.74, 6) is 0. The van der Waals surface area contributed by atoms with Crippen molar-refractivity contribution in [3.63, 3.8) is 0 Å². The minimum absolute atomic E-state index is 0.541. The van der Waals surface area contributed by atoms with Gasteiger partial charge in [0.1, 0.15) is 0 Å². The molecule has 0 amide bonds. The van der Waals surface area contributed by atoms with Crippen molar-refractivity contribution in [3.8, 4) is 0 Å². The molecule has 0 aromatic carbocycles. The lowest BCUT2D eigenvalue weighted by atomic mass is 9.97. The minimum Gasteiger partial charge on any atom is -0.303 e. The lowest BCUT2D eigenvalue weighted by molar-refractivity contribution is 0.0670. The molecule has 0 aliphatic heterocycles. The highest BCUT2D eigenvalue weighted by Gasteiger charge is 2.32.